The number of aromatic nitrogens is 2. The fourth-order valence-corrected chi connectivity index (χ4v) is 1.87. The van der Waals surface area contributed by atoms with Gasteiger partial charge in [-0.25, -0.2) is 0 Å². The number of nitrogens with one attached hydrogen (secondary N) is 2. The summed E-state index contributed by atoms with van der Waals surface area (Å²) in [7, 11) is 0. The van der Waals surface area contributed by atoms with Gasteiger partial charge in [0.15, 0.2) is 11.5 Å². The molecule has 0 saturated carbocycles. The third-order valence-corrected chi connectivity index (χ3v) is 3.36. The van der Waals surface area contributed by atoms with E-state index >= 15 is 0 Å². The van der Waals surface area contributed by atoms with E-state index in [0.29, 0.717) is 22.4 Å². The van der Waals surface area contributed by atoms with E-state index in [1.165, 1.54) is 0 Å². The minimum absolute atomic E-state index is 0.231. The van der Waals surface area contributed by atoms with Crippen LogP contribution in [0.3, 0.4) is 0 Å². The van der Waals surface area contributed by atoms with Crippen LogP contribution in [0.15, 0.2) is 30.3 Å². The van der Waals surface area contributed by atoms with E-state index in [2.05, 4.69) is 20.8 Å². The minimum Gasteiger partial charge on any atom is -0.351 e. The molecule has 0 aliphatic carbocycles. The molecule has 0 spiro atoms. The van der Waals surface area contributed by atoms with Crippen LogP contribution in [0.4, 0.5) is 11.5 Å². The highest BCUT2D eigenvalue weighted by molar-refractivity contribution is 6.42. The lowest BCUT2D eigenvalue weighted by molar-refractivity contribution is 0.0947. The molecule has 0 atom stereocenters. The Morgan fingerprint density at radius 1 is 1.14 bits per heavy atom. The molecule has 0 saturated heterocycles. The topological polar surface area (TPSA) is 66.9 Å². The second kappa shape index (κ2) is 7.24. The van der Waals surface area contributed by atoms with E-state index in [0.717, 1.165) is 12.1 Å². The lowest BCUT2D eigenvalue weighted by atomic mass is 10.3. The number of nitrogens with zero attached hydrogens (tertiary/aromatic N) is 2. The Morgan fingerprint density at radius 2 is 1.95 bits per heavy atom. The summed E-state index contributed by atoms with van der Waals surface area (Å²) in [5, 5.41) is 14.5. The van der Waals surface area contributed by atoms with Crippen molar-refractivity contribution in [3.05, 3.63) is 46.1 Å². The third-order valence-electron chi connectivity index (χ3n) is 2.62. The molecule has 2 rings (SSSR count). The van der Waals surface area contributed by atoms with Crippen molar-refractivity contribution in [1.29, 1.82) is 0 Å². The Hall–Kier alpha value is -1.85. The second-order valence-electron chi connectivity index (χ2n) is 4.31. The molecule has 7 heteroatoms. The normalized spacial score (nSPS) is 10.2. The number of amides is 1. The van der Waals surface area contributed by atoms with Crippen molar-refractivity contribution < 1.29 is 4.79 Å². The van der Waals surface area contributed by atoms with E-state index in [-0.39, 0.29) is 11.6 Å². The van der Waals surface area contributed by atoms with Crippen LogP contribution in [0.2, 0.25) is 10.0 Å². The predicted octanol–water partition coefficient (Wildman–Crippen LogP) is 3.67. The number of carbonyl (C=O) groups excluding carboxylic acids is 1. The van der Waals surface area contributed by atoms with Gasteiger partial charge in [0.25, 0.3) is 5.91 Å². The molecular weight excluding hydrogens is 311 g/mol. The smallest absolute Gasteiger partial charge is 0.271 e. The van der Waals surface area contributed by atoms with Crippen LogP contribution in [-0.4, -0.2) is 22.6 Å². The van der Waals surface area contributed by atoms with Crippen LogP contribution in [0.25, 0.3) is 0 Å². The Labute approximate surface area is 132 Å². The molecule has 2 N–H and O–H groups in total. The quantitative estimate of drug-likeness (QED) is 0.880. The first-order chi connectivity index (χ1) is 10.1. The fraction of sp³-hybridized carbons (Fsp3) is 0.214. The highest BCUT2D eigenvalue weighted by Gasteiger charge is 2.07. The van der Waals surface area contributed by atoms with Gasteiger partial charge >= 0.3 is 0 Å². The minimum atomic E-state index is -0.231. The maximum Gasteiger partial charge on any atom is 0.271 e. The van der Waals surface area contributed by atoms with Gasteiger partial charge in [0.2, 0.25) is 0 Å². The van der Waals surface area contributed by atoms with Crippen LogP contribution >= 0.6 is 23.2 Å². The first-order valence-corrected chi connectivity index (χ1v) is 7.19. The molecule has 1 aromatic carbocycles. The molecule has 0 aliphatic rings. The zero-order valence-corrected chi connectivity index (χ0v) is 12.9. The fourth-order valence-electron chi connectivity index (χ4n) is 1.57. The number of hydrogen-bond donors (Lipinski definition) is 2. The number of rotatable bonds is 5. The molecule has 1 heterocycles. The molecular formula is C14H14Cl2N4O. The maximum absolute atomic E-state index is 11.7. The van der Waals surface area contributed by atoms with Gasteiger partial charge in [-0.1, -0.05) is 30.1 Å². The molecule has 0 radical (unpaired) electrons. The van der Waals surface area contributed by atoms with Crippen molar-refractivity contribution in [1.82, 2.24) is 15.5 Å². The summed E-state index contributed by atoms with van der Waals surface area (Å²) < 4.78 is 0. The number of hydrogen-bond acceptors (Lipinski definition) is 4. The molecule has 0 bridgehead atoms. The maximum atomic E-state index is 11.7. The van der Waals surface area contributed by atoms with Gasteiger partial charge in [0, 0.05) is 12.2 Å². The van der Waals surface area contributed by atoms with Crippen molar-refractivity contribution in [2.24, 2.45) is 0 Å². The van der Waals surface area contributed by atoms with Gasteiger partial charge in [-0.3, -0.25) is 4.79 Å². The lowest BCUT2D eigenvalue weighted by Crippen LogP contribution is -2.25. The summed E-state index contributed by atoms with van der Waals surface area (Å²) in [6.07, 6.45) is 0.871. The Morgan fingerprint density at radius 3 is 2.57 bits per heavy atom. The molecule has 5 nitrogen and oxygen atoms in total. The van der Waals surface area contributed by atoms with Crippen molar-refractivity contribution in [2.45, 2.75) is 13.3 Å². The van der Waals surface area contributed by atoms with Crippen LogP contribution in [0.1, 0.15) is 23.8 Å². The molecule has 2 aromatic rings. The SMILES string of the molecule is CCCNC(=O)c1ccc(Nc2ccc(Cl)c(Cl)c2)nn1. The molecule has 1 aromatic heterocycles. The van der Waals surface area contributed by atoms with Gasteiger partial charge < -0.3 is 10.6 Å². The molecule has 0 aliphatic heterocycles. The Kier molecular flexibility index (Phi) is 5.36. The Balaban J connectivity index is 2.05. The lowest BCUT2D eigenvalue weighted by Gasteiger charge is -2.07. The first kappa shape index (κ1) is 15.5. The molecule has 0 fully saturated rings. The summed E-state index contributed by atoms with van der Waals surface area (Å²) in [5.74, 6) is 0.283. The van der Waals surface area contributed by atoms with Gasteiger partial charge in [0.05, 0.1) is 10.0 Å². The average Bonchev–Trinajstić information content (AvgIpc) is 2.49. The van der Waals surface area contributed by atoms with Gasteiger partial charge in [-0.2, -0.15) is 0 Å². The zero-order chi connectivity index (χ0) is 15.2. The predicted molar refractivity (Wildman–Crippen MR) is 84.4 cm³/mol. The van der Waals surface area contributed by atoms with Crippen LogP contribution < -0.4 is 10.6 Å². The number of anilines is 2. The number of benzene rings is 1. The van der Waals surface area contributed by atoms with Crippen LogP contribution in [0.5, 0.6) is 0 Å². The largest absolute Gasteiger partial charge is 0.351 e. The zero-order valence-electron chi connectivity index (χ0n) is 11.4. The molecule has 110 valence electrons. The van der Waals surface area contributed by atoms with Gasteiger partial charge in [0.1, 0.15) is 0 Å². The molecule has 0 unspecified atom stereocenters. The van der Waals surface area contributed by atoms with Crippen LogP contribution in [-0.2, 0) is 0 Å². The molecule has 21 heavy (non-hydrogen) atoms. The monoisotopic (exact) mass is 324 g/mol. The van der Waals surface area contributed by atoms with Gasteiger partial charge in [-0.05, 0) is 36.8 Å². The summed E-state index contributed by atoms with van der Waals surface area (Å²) in [5.41, 5.74) is 1.02. The van der Waals surface area contributed by atoms with E-state index < -0.39 is 0 Å². The van der Waals surface area contributed by atoms with Crippen molar-refractivity contribution in [3.63, 3.8) is 0 Å². The van der Waals surface area contributed by atoms with Crippen LogP contribution in [0, 0.1) is 0 Å². The third kappa shape index (κ3) is 4.31. The summed E-state index contributed by atoms with van der Waals surface area (Å²) >= 11 is 11.8. The van der Waals surface area contributed by atoms with E-state index in [4.69, 9.17) is 23.2 Å². The average molecular weight is 325 g/mol. The number of carbonyl (C=O) groups is 1. The van der Waals surface area contributed by atoms with E-state index in [9.17, 15) is 4.79 Å². The van der Waals surface area contributed by atoms with Gasteiger partial charge in [-0.15, -0.1) is 10.2 Å². The van der Waals surface area contributed by atoms with E-state index in [1.807, 2.05) is 6.92 Å². The first-order valence-electron chi connectivity index (χ1n) is 6.44. The summed E-state index contributed by atoms with van der Waals surface area (Å²) in [4.78, 5) is 11.7. The summed E-state index contributed by atoms with van der Waals surface area (Å²) in [6.45, 7) is 2.60. The highest BCUT2D eigenvalue weighted by atomic mass is 35.5. The molecule has 1 amide bonds. The van der Waals surface area contributed by atoms with Crippen molar-refractivity contribution >= 4 is 40.6 Å². The second-order valence-corrected chi connectivity index (χ2v) is 5.13. The van der Waals surface area contributed by atoms with E-state index in [1.54, 1.807) is 30.3 Å². The Bertz CT molecular complexity index is 631. The standard InChI is InChI=1S/C14H14Cl2N4O/c1-2-7-17-14(21)12-5-6-13(20-19-12)18-9-3-4-10(15)11(16)8-9/h3-6,8H,2,7H2,1H3,(H,17,21)(H,18,20). The van der Waals surface area contributed by atoms with Crippen molar-refractivity contribution in [3.8, 4) is 0 Å². The summed E-state index contributed by atoms with van der Waals surface area (Å²) in [6, 6.07) is 8.44. The highest BCUT2D eigenvalue weighted by Crippen LogP contribution is 2.26. The number of halogens is 2. The van der Waals surface area contributed by atoms with Crippen molar-refractivity contribution in [2.75, 3.05) is 11.9 Å².